The molecule has 2 aromatic carbocycles. The Morgan fingerprint density at radius 2 is 1.82 bits per heavy atom. The molecule has 112 valence electrons. The SMILES string of the molecule is C=CCc1cccc(C(=O)OCc2ccccc2)c1C(=O)O. The topological polar surface area (TPSA) is 63.6 Å². The average Bonchev–Trinajstić information content (AvgIpc) is 2.53. The Hall–Kier alpha value is -2.88. The summed E-state index contributed by atoms with van der Waals surface area (Å²) in [4.78, 5) is 23.6. The van der Waals surface area contributed by atoms with Gasteiger partial charge in [-0.25, -0.2) is 9.59 Å². The Morgan fingerprint density at radius 1 is 1.09 bits per heavy atom. The maximum absolute atomic E-state index is 12.2. The lowest BCUT2D eigenvalue weighted by molar-refractivity contribution is 0.0463. The molecule has 2 aromatic rings. The van der Waals surface area contributed by atoms with Gasteiger partial charge in [0.05, 0.1) is 11.1 Å². The molecule has 0 aliphatic rings. The van der Waals surface area contributed by atoms with Gasteiger partial charge in [0.1, 0.15) is 6.61 Å². The van der Waals surface area contributed by atoms with E-state index >= 15 is 0 Å². The molecule has 0 saturated heterocycles. The number of ether oxygens (including phenoxy) is 1. The zero-order chi connectivity index (χ0) is 15.9. The van der Waals surface area contributed by atoms with Crippen molar-refractivity contribution in [1.29, 1.82) is 0 Å². The van der Waals surface area contributed by atoms with Gasteiger partial charge in [-0.3, -0.25) is 0 Å². The number of carbonyl (C=O) groups is 2. The lowest BCUT2D eigenvalue weighted by Crippen LogP contribution is -2.14. The number of rotatable bonds is 6. The molecule has 4 nitrogen and oxygen atoms in total. The summed E-state index contributed by atoms with van der Waals surface area (Å²) in [5.41, 5.74) is 1.41. The number of hydrogen-bond acceptors (Lipinski definition) is 3. The fraction of sp³-hybridized carbons (Fsp3) is 0.111. The molecule has 0 atom stereocenters. The number of benzene rings is 2. The van der Waals surface area contributed by atoms with Crippen LogP contribution in [0.25, 0.3) is 0 Å². The van der Waals surface area contributed by atoms with Crippen molar-refractivity contribution in [3.8, 4) is 0 Å². The smallest absolute Gasteiger partial charge is 0.339 e. The molecule has 0 fully saturated rings. The molecule has 0 radical (unpaired) electrons. The highest BCUT2D eigenvalue weighted by atomic mass is 16.5. The second kappa shape index (κ2) is 7.22. The minimum Gasteiger partial charge on any atom is -0.478 e. The third-order valence-corrected chi connectivity index (χ3v) is 3.16. The van der Waals surface area contributed by atoms with Crippen molar-refractivity contribution in [3.05, 3.63) is 83.4 Å². The van der Waals surface area contributed by atoms with E-state index < -0.39 is 11.9 Å². The van der Waals surface area contributed by atoms with Gasteiger partial charge < -0.3 is 9.84 Å². The van der Waals surface area contributed by atoms with Crippen molar-refractivity contribution in [3.63, 3.8) is 0 Å². The third-order valence-electron chi connectivity index (χ3n) is 3.16. The normalized spacial score (nSPS) is 10.0. The molecule has 0 spiro atoms. The van der Waals surface area contributed by atoms with Crippen LogP contribution in [-0.2, 0) is 17.8 Å². The fourth-order valence-electron chi connectivity index (χ4n) is 2.15. The lowest BCUT2D eigenvalue weighted by Gasteiger charge is -2.10. The largest absolute Gasteiger partial charge is 0.478 e. The quantitative estimate of drug-likeness (QED) is 0.655. The number of carboxylic acids is 1. The van der Waals surface area contributed by atoms with Gasteiger partial charge in [-0.15, -0.1) is 6.58 Å². The zero-order valence-corrected chi connectivity index (χ0v) is 12.0. The maximum Gasteiger partial charge on any atom is 0.339 e. The predicted molar refractivity (Wildman–Crippen MR) is 82.9 cm³/mol. The molecule has 0 aliphatic carbocycles. The van der Waals surface area contributed by atoms with Gasteiger partial charge >= 0.3 is 11.9 Å². The predicted octanol–water partition coefficient (Wildman–Crippen LogP) is 3.47. The number of hydrogen-bond donors (Lipinski definition) is 1. The highest BCUT2D eigenvalue weighted by molar-refractivity contribution is 6.03. The summed E-state index contributed by atoms with van der Waals surface area (Å²) in [6, 6.07) is 14.0. The number of esters is 1. The van der Waals surface area contributed by atoms with Crippen LogP contribution in [0.2, 0.25) is 0 Å². The maximum atomic E-state index is 12.2. The first kappa shape index (κ1) is 15.5. The fourth-order valence-corrected chi connectivity index (χ4v) is 2.15. The Balaban J connectivity index is 2.23. The first-order valence-electron chi connectivity index (χ1n) is 6.80. The van der Waals surface area contributed by atoms with E-state index in [1.807, 2.05) is 30.3 Å². The van der Waals surface area contributed by atoms with Crippen LogP contribution in [0.15, 0.2) is 61.2 Å². The van der Waals surface area contributed by atoms with E-state index in [-0.39, 0.29) is 17.7 Å². The van der Waals surface area contributed by atoms with E-state index in [1.165, 1.54) is 6.07 Å². The van der Waals surface area contributed by atoms with E-state index in [9.17, 15) is 14.7 Å². The molecule has 0 heterocycles. The summed E-state index contributed by atoms with van der Waals surface area (Å²) in [6.45, 7) is 3.70. The molecule has 0 unspecified atom stereocenters. The molecule has 22 heavy (non-hydrogen) atoms. The van der Waals surface area contributed by atoms with Gasteiger partial charge in [-0.2, -0.15) is 0 Å². The van der Waals surface area contributed by atoms with Gasteiger partial charge in [-0.05, 0) is 23.6 Å². The Bertz CT molecular complexity index is 689. The van der Waals surface area contributed by atoms with Gasteiger partial charge in [0.25, 0.3) is 0 Å². The Morgan fingerprint density at radius 3 is 2.45 bits per heavy atom. The Kier molecular flexibility index (Phi) is 5.09. The summed E-state index contributed by atoms with van der Waals surface area (Å²) < 4.78 is 5.21. The second-order valence-corrected chi connectivity index (χ2v) is 4.70. The number of allylic oxidation sites excluding steroid dienone is 1. The highest BCUT2D eigenvalue weighted by Crippen LogP contribution is 2.18. The average molecular weight is 296 g/mol. The molecule has 0 bridgehead atoms. The molecular weight excluding hydrogens is 280 g/mol. The van der Waals surface area contributed by atoms with Crippen LogP contribution in [-0.4, -0.2) is 17.0 Å². The van der Waals surface area contributed by atoms with Crippen LogP contribution in [0.3, 0.4) is 0 Å². The van der Waals surface area contributed by atoms with E-state index in [4.69, 9.17) is 4.74 Å². The third kappa shape index (κ3) is 3.61. The first-order valence-corrected chi connectivity index (χ1v) is 6.80. The molecule has 0 aromatic heterocycles. The summed E-state index contributed by atoms with van der Waals surface area (Å²) in [5, 5.41) is 9.37. The van der Waals surface area contributed by atoms with E-state index in [0.29, 0.717) is 12.0 Å². The van der Waals surface area contributed by atoms with E-state index in [2.05, 4.69) is 6.58 Å². The van der Waals surface area contributed by atoms with Gasteiger partial charge in [-0.1, -0.05) is 48.5 Å². The molecule has 1 N–H and O–H groups in total. The van der Waals surface area contributed by atoms with Crippen LogP contribution in [0.5, 0.6) is 0 Å². The van der Waals surface area contributed by atoms with Crippen LogP contribution >= 0.6 is 0 Å². The highest BCUT2D eigenvalue weighted by Gasteiger charge is 2.20. The molecule has 2 rings (SSSR count). The molecular formula is C18H16O4. The first-order chi connectivity index (χ1) is 10.6. The molecule has 0 saturated carbocycles. The number of aromatic carboxylic acids is 1. The zero-order valence-electron chi connectivity index (χ0n) is 12.0. The second-order valence-electron chi connectivity index (χ2n) is 4.70. The number of carbonyl (C=O) groups excluding carboxylic acids is 1. The standard InChI is InChI=1S/C18H16O4/c1-2-7-14-10-6-11-15(16(14)17(19)20)18(21)22-12-13-8-4-3-5-9-13/h2-6,8-11H,1,7,12H2,(H,19,20). The van der Waals surface area contributed by atoms with Crippen LogP contribution in [0.4, 0.5) is 0 Å². The van der Waals surface area contributed by atoms with Crippen molar-refractivity contribution in [2.24, 2.45) is 0 Å². The molecule has 4 heteroatoms. The van der Waals surface area contributed by atoms with Crippen molar-refractivity contribution >= 4 is 11.9 Å². The van der Waals surface area contributed by atoms with Crippen molar-refractivity contribution in [2.45, 2.75) is 13.0 Å². The molecule has 0 aliphatic heterocycles. The van der Waals surface area contributed by atoms with Crippen molar-refractivity contribution in [1.82, 2.24) is 0 Å². The summed E-state index contributed by atoms with van der Waals surface area (Å²) >= 11 is 0. The summed E-state index contributed by atoms with van der Waals surface area (Å²) in [5.74, 6) is -1.80. The monoisotopic (exact) mass is 296 g/mol. The summed E-state index contributed by atoms with van der Waals surface area (Å²) in [7, 11) is 0. The van der Waals surface area contributed by atoms with Gasteiger partial charge in [0.15, 0.2) is 0 Å². The van der Waals surface area contributed by atoms with Gasteiger partial charge in [0.2, 0.25) is 0 Å². The van der Waals surface area contributed by atoms with Crippen LogP contribution in [0, 0.1) is 0 Å². The van der Waals surface area contributed by atoms with E-state index in [0.717, 1.165) is 5.56 Å². The lowest BCUT2D eigenvalue weighted by atomic mass is 9.99. The summed E-state index contributed by atoms with van der Waals surface area (Å²) in [6.07, 6.45) is 1.97. The Labute approximate surface area is 128 Å². The van der Waals surface area contributed by atoms with Crippen LogP contribution < -0.4 is 0 Å². The van der Waals surface area contributed by atoms with Gasteiger partial charge in [0, 0.05) is 0 Å². The van der Waals surface area contributed by atoms with Crippen molar-refractivity contribution < 1.29 is 19.4 Å². The van der Waals surface area contributed by atoms with E-state index in [1.54, 1.807) is 18.2 Å². The number of carboxylic acid groups (broad SMARTS) is 1. The van der Waals surface area contributed by atoms with Crippen LogP contribution in [0.1, 0.15) is 31.8 Å². The molecule has 0 amide bonds. The minimum atomic E-state index is -1.15. The minimum absolute atomic E-state index is 0.0274. The van der Waals surface area contributed by atoms with Crippen molar-refractivity contribution in [2.75, 3.05) is 0 Å².